The Morgan fingerprint density at radius 2 is 1.50 bits per heavy atom. The fraction of sp³-hybridized carbons (Fsp3) is 0.174. The molecular weight excluding hydrogens is 420 g/mol. The van der Waals surface area contributed by atoms with Crippen LogP contribution in [0.4, 0.5) is 5.69 Å². The van der Waals surface area contributed by atoms with Crippen LogP contribution >= 0.6 is 11.6 Å². The average molecular weight is 443 g/mol. The lowest BCUT2D eigenvalue weighted by atomic mass is 10.0. The molecule has 3 aromatic rings. The SMILES string of the molecule is CCC(NC(=O)CN(c1ccc(Cl)cc1)S(=O)(=O)c1ccccc1)c1ccccc1. The van der Waals surface area contributed by atoms with Gasteiger partial charge in [0.1, 0.15) is 6.54 Å². The number of halogens is 1. The number of rotatable bonds is 8. The highest BCUT2D eigenvalue weighted by Crippen LogP contribution is 2.25. The quantitative estimate of drug-likeness (QED) is 0.544. The van der Waals surface area contributed by atoms with Crippen LogP contribution in [0, 0.1) is 0 Å². The van der Waals surface area contributed by atoms with E-state index >= 15 is 0 Å². The van der Waals surface area contributed by atoms with E-state index in [4.69, 9.17) is 11.6 Å². The Balaban J connectivity index is 1.89. The van der Waals surface area contributed by atoms with Gasteiger partial charge in [0, 0.05) is 5.02 Å². The summed E-state index contributed by atoms with van der Waals surface area (Å²) < 4.78 is 27.7. The van der Waals surface area contributed by atoms with Gasteiger partial charge in [0.05, 0.1) is 16.6 Å². The number of amides is 1. The Morgan fingerprint density at radius 1 is 0.933 bits per heavy atom. The number of sulfonamides is 1. The van der Waals surface area contributed by atoms with Crippen LogP contribution in [-0.2, 0) is 14.8 Å². The van der Waals surface area contributed by atoms with Crippen molar-refractivity contribution < 1.29 is 13.2 Å². The van der Waals surface area contributed by atoms with Gasteiger partial charge in [-0.15, -0.1) is 0 Å². The third kappa shape index (κ3) is 5.20. The Labute approximate surface area is 182 Å². The van der Waals surface area contributed by atoms with Gasteiger partial charge in [-0.1, -0.05) is 67.1 Å². The van der Waals surface area contributed by atoms with Crippen LogP contribution in [0.25, 0.3) is 0 Å². The number of hydrogen-bond acceptors (Lipinski definition) is 3. The zero-order chi connectivity index (χ0) is 21.6. The maximum absolute atomic E-state index is 13.3. The zero-order valence-electron chi connectivity index (χ0n) is 16.5. The van der Waals surface area contributed by atoms with E-state index in [0.717, 1.165) is 9.87 Å². The number of carbonyl (C=O) groups excluding carboxylic acids is 1. The second kappa shape index (κ2) is 9.78. The van der Waals surface area contributed by atoms with Crippen molar-refractivity contribution in [3.63, 3.8) is 0 Å². The summed E-state index contributed by atoms with van der Waals surface area (Å²) in [4.78, 5) is 13.0. The minimum atomic E-state index is -3.94. The summed E-state index contributed by atoms with van der Waals surface area (Å²) in [5.74, 6) is -0.389. The van der Waals surface area contributed by atoms with Crippen molar-refractivity contribution in [2.45, 2.75) is 24.3 Å². The van der Waals surface area contributed by atoms with E-state index < -0.39 is 10.0 Å². The predicted molar refractivity (Wildman–Crippen MR) is 120 cm³/mol. The first kappa shape index (κ1) is 21.9. The van der Waals surface area contributed by atoms with Crippen molar-refractivity contribution in [1.29, 1.82) is 0 Å². The fourth-order valence-electron chi connectivity index (χ4n) is 3.12. The van der Waals surface area contributed by atoms with Gasteiger partial charge in [-0.2, -0.15) is 0 Å². The van der Waals surface area contributed by atoms with Crippen LogP contribution < -0.4 is 9.62 Å². The molecule has 1 unspecified atom stereocenters. The fourth-order valence-corrected chi connectivity index (χ4v) is 4.69. The Kier molecular flexibility index (Phi) is 7.13. The number of benzene rings is 3. The number of nitrogens with one attached hydrogen (secondary N) is 1. The minimum absolute atomic E-state index is 0.114. The van der Waals surface area contributed by atoms with E-state index in [0.29, 0.717) is 17.1 Å². The first-order valence-corrected chi connectivity index (χ1v) is 11.4. The molecule has 0 bridgehead atoms. The Morgan fingerprint density at radius 3 is 2.07 bits per heavy atom. The van der Waals surface area contributed by atoms with Gasteiger partial charge in [-0.3, -0.25) is 9.10 Å². The molecular formula is C23H23ClN2O3S. The molecule has 156 valence electrons. The second-order valence-corrected chi connectivity index (χ2v) is 9.04. The summed E-state index contributed by atoms with van der Waals surface area (Å²) in [5, 5.41) is 3.43. The molecule has 0 saturated carbocycles. The Bertz CT molecular complexity index is 1070. The number of hydrogen-bond donors (Lipinski definition) is 1. The van der Waals surface area contributed by atoms with Gasteiger partial charge in [0.2, 0.25) is 5.91 Å². The van der Waals surface area contributed by atoms with Gasteiger partial charge in [0.15, 0.2) is 0 Å². The molecule has 0 aliphatic rings. The van der Waals surface area contributed by atoms with Crippen molar-refractivity contribution in [2.24, 2.45) is 0 Å². The predicted octanol–water partition coefficient (Wildman–Crippen LogP) is 4.80. The molecule has 1 atom stereocenters. The van der Waals surface area contributed by atoms with Crippen molar-refractivity contribution >= 4 is 33.2 Å². The largest absolute Gasteiger partial charge is 0.348 e. The zero-order valence-corrected chi connectivity index (χ0v) is 18.1. The maximum Gasteiger partial charge on any atom is 0.264 e. The number of anilines is 1. The molecule has 0 fully saturated rings. The summed E-state index contributed by atoms with van der Waals surface area (Å²) in [6.45, 7) is 1.62. The Hall–Kier alpha value is -2.83. The molecule has 30 heavy (non-hydrogen) atoms. The summed E-state index contributed by atoms with van der Waals surface area (Å²) in [6.07, 6.45) is 0.683. The third-order valence-corrected chi connectivity index (χ3v) is 6.72. The molecule has 1 amide bonds. The van der Waals surface area contributed by atoms with Gasteiger partial charge in [0.25, 0.3) is 10.0 Å². The standard InChI is InChI=1S/C23H23ClN2O3S/c1-2-22(18-9-5-3-6-10-18)25-23(27)17-26(20-15-13-19(24)14-16-20)30(28,29)21-11-7-4-8-12-21/h3-16,22H,2,17H2,1H3,(H,25,27). The molecule has 3 aromatic carbocycles. The lowest BCUT2D eigenvalue weighted by Gasteiger charge is -2.25. The summed E-state index contributed by atoms with van der Waals surface area (Å²) in [7, 11) is -3.94. The first-order valence-electron chi connectivity index (χ1n) is 9.59. The minimum Gasteiger partial charge on any atom is -0.348 e. The van der Waals surface area contributed by atoms with E-state index in [2.05, 4.69) is 5.32 Å². The molecule has 7 heteroatoms. The van der Waals surface area contributed by atoms with E-state index in [9.17, 15) is 13.2 Å². The topological polar surface area (TPSA) is 66.5 Å². The molecule has 3 rings (SSSR count). The average Bonchev–Trinajstić information content (AvgIpc) is 2.77. The third-order valence-electron chi connectivity index (χ3n) is 4.68. The molecule has 0 aromatic heterocycles. The first-order chi connectivity index (χ1) is 14.4. The normalized spacial score (nSPS) is 12.2. The molecule has 0 heterocycles. The number of carbonyl (C=O) groups is 1. The molecule has 1 N–H and O–H groups in total. The molecule has 0 saturated heterocycles. The highest BCUT2D eigenvalue weighted by Gasteiger charge is 2.27. The van der Waals surface area contributed by atoms with Crippen molar-refractivity contribution in [1.82, 2.24) is 5.32 Å². The van der Waals surface area contributed by atoms with Crippen molar-refractivity contribution in [3.05, 3.63) is 95.5 Å². The van der Waals surface area contributed by atoms with Crippen LogP contribution in [0.2, 0.25) is 5.02 Å². The molecule has 0 aliphatic carbocycles. The van der Waals surface area contributed by atoms with Crippen molar-refractivity contribution in [3.8, 4) is 0 Å². The summed E-state index contributed by atoms with van der Waals surface area (Å²) >= 11 is 5.96. The van der Waals surface area contributed by atoms with Gasteiger partial charge < -0.3 is 5.32 Å². The van der Waals surface area contributed by atoms with Gasteiger partial charge >= 0.3 is 0 Å². The van der Waals surface area contributed by atoms with Crippen LogP contribution in [0.1, 0.15) is 24.9 Å². The highest BCUT2D eigenvalue weighted by atomic mass is 35.5. The van der Waals surface area contributed by atoms with Gasteiger partial charge in [-0.25, -0.2) is 8.42 Å². The van der Waals surface area contributed by atoms with Crippen LogP contribution in [0.5, 0.6) is 0 Å². The van der Waals surface area contributed by atoms with E-state index in [1.54, 1.807) is 42.5 Å². The van der Waals surface area contributed by atoms with Gasteiger partial charge in [-0.05, 0) is 48.4 Å². The molecule has 0 spiro atoms. The van der Waals surface area contributed by atoms with Crippen LogP contribution in [0.3, 0.4) is 0 Å². The smallest absolute Gasteiger partial charge is 0.264 e. The molecule has 0 radical (unpaired) electrons. The summed E-state index contributed by atoms with van der Waals surface area (Å²) in [6, 6.07) is 23.8. The van der Waals surface area contributed by atoms with Crippen LogP contribution in [0.15, 0.2) is 89.8 Å². The van der Waals surface area contributed by atoms with E-state index in [-0.39, 0.29) is 23.4 Å². The second-order valence-electron chi connectivity index (χ2n) is 6.74. The monoisotopic (exact) mass is 442 g/mol. The van der Waals surface area contributed by atoms with E-state index in [1.807, 2.05) is 37.3 Å². The molecule has 5 nitrogen and oxygen atoms in total. The molecule has 0 aliphatic heterocycles. The lowest BCUT2D eigenvalue weighted by Crippen LogP contribution is -2.42. The lowest BCUT2D eigenvalue weighted by molar-refractivity contribution is -0.120. The maximum atomic E-state index is 13.3. The highest BCUT2D eigenvalue weighted by molar-refractivity contribution is 7.92. The summed E-state index contributed by atoms with van der Waals surface area (Å²) in [5.41, 5.74) is 1.34. The van der Waals surface area contributed by atoms with E-state index in [1.165, 1.54) is 12.1 Å². The van der Waals surface area contributed by atoms with Crippen LogP contribution in [-0.4, -0.2) is 20.9 Å². The van der Waals surface area contributed by atoms with Crippen molar-refractivity contribution in [2.75, 3.05) is 10.8 Å². The number of nitrogens with zero attached hydrogens (tertiary/aromatic N) is 1.